The SMILES string of the molecule is CC1(C)CN(Cc2nc(N)nc(Nc3ccc(F)cc3)n2)CCO1. The Bertz CT molecular complexity index is 706. The van der Waals surface area contributed by atoms with Crippen LogP contribution in [0.15, 0.2) is 24.3 Å². The van der Waals surface area contributed by atoms with E-state index in [-0.39, 0.29) is 17.4 Å². The molecule has 2 heterocycles. The summed E-state index contributed by atoms with van der Waals surface area (Å²) in [6.45, 7) is 6.96. The lowest BCUT2D eigenvalue weighted by Crippen LogP contribution is -2.47. The molecular formula is C16H21FN6O. The first-order chi connectivity index (χ1) is 11.4. The fraction of sp³-hybridized carbons (Fsp3) is 0.438. The van der Waals surface area contributed by atoms with E-state index in [2.05, 4.69) is 39.0 Å². The van der Waals surface area contributed by atoms with E-state index in [1.54, 1.807) is 12.1 Å². The molecule has 0 atom stereocenters. The van der Waals surface area contributed by atoms with Crippen molar-refractivity contribution < 1.29 is 9.13 Å². The molecule has 0 spiro atoms. The molecule has 2 aromatic rings. The fourth-order valence-electron chi connectivity index (χ4n) is 2.68. The van der Waals surface area contributed by atoms with Crippen molar-refractivity contribution in [1.29, 1.82) is 0 Å². The minimum Gasteiger partial charge on any atom is -0.373 e. The van der Waals surface area contributed by atoms with Gasteiger partial charge in [-0.1, -0.05) is 0 Å². The minimum atomic E-state index is -0.300. The Labute approximate surface area is 140 Å². The highest BCUT2D eigenvalue weighted by molar-refractivity contribution is 5.53. The first kappa shape index (κ1) is 16.5. The highest BCUT2D eigenvalue weighted by atomic mass is 19.1. The number of nitrogens with zero attached hydrogens (tertiary/aromatic N) is 4. The van der Waals surface area contributed by atoms with Crippen LogP contribution in [0, 0.1) is 5.82 Å². The molecule has 128 valence electrons. The molecule has 3 N–H and O–H groups in total. The number of hydrogen-bond acceptors (Lipinski definition) is 7. The number of morpholine rings is 1. The van der Waals surface area contributed by atoms with E-state index in [1.807, 2.05) is 0 Å². The Kier molecular flexibility index (Phi) is 4.59. The lowest BCUT2D eigenvalue weighted by atomic mass is 10.1. The molecule has 0 saturated carbocycles. The van der Waals surface area contributed by atoms with Crippen LogP contribution in [0.1, 0.15) is 19.7 Å². The lowest BCUT2D eigenvalue weighted by Gasteiger charge is -2.37. The maximum absolute atomic E-state index is 13.0. The minimum absolute atomic E-state index is 0.150. The van der Waals surface area contributed by atoms with Gasteiger partial charge in [0.2, 0.25) is 11.9 Å². The lowest BCUT2D eigenvalue weighted by molar-refractivity contribution is -0.0887. The molecule has 0 bridgehead atoms. The number of hydrogen-bond donors (Lipinski definition) is 2. The second-order valence-electron chi connectivity index (χ2n) is 6.38. The zero-order chi connectivity index (χ0) is 17.2. The summed E-state index contributed by atoms with van der Waals surface area (Å²) in [6, 6.07) is 5.95. The fourth-order valence-corrected chi connectivity index (χ4v) is 2.68. The van der Waals surface area contributed by atoms with Gasteiger partial charge >= 0.3 is 0 Å². The van der Waals surface area contributed by atoms with Gasteiger partial charge in [0.05, 0.1) is 18.8 Å². The smallest absolute Gasteiger partial charge is 0.232 e. The van der Waals surface area contributed by atoms with Gasteiger partial charge in [-0.05, 0) is 38.1 Å². The first-order valence-corrected chi connectivity index (χ1v) is 7.79. The molecule has 1 aliphatic rings. The Morgan fingerprint density at radius 3 is 2.71 bits per heavy atom. The zero-order valence-corrected chi connectivity index (χ0v) is 13.8. The Morgan fingerprint density at radius 1 is 1.25 bits per heavy atom. The highest BCUT2D eigenvalue weighted by Gasteiger charge is 2.27. The highest BCUT2D eigenvalue weighted by Crippen LogP contribution is 2.19. The molecule has 1 aliphatic heterocycles. The van der Waals surface area contributed by atoms with Crippen molar-refractivity contribution in [3.63, 3.8) is 0 Å². The third kappa shape index (κ3) is 4.36. The third-order valence-corrected chi connectivity index (χ3v) is 3.67. The van der Waals surface area contributed by atoms with E-state index in [4.69, 9.17) is 10.5 Å². The number of nitrogens with one attached hydrogen (secondary N) is 1. The number of rotatable bonds is 4. The van der Waals surface area contributed by atoms with Crippen LogP contribution < -0.4 is 11.1 Å². The molecule has 24 heavy (non-hydrogen) atoms. The van der Waals surface area contributed by atoms with Gasteiger partial charge in [-0.25, -0.2) is 4.39 Å². The number of halogens is 1. The molecule has 1 aromatic carbocycles. The second-order valence-corrected chi connectivity index (χ2v) is 6.38. The Hall–Kier alpha value is -2.32. The predicted octanol–water partition coefficient (Wildman–Crippen LogP) is 1.95. The molecule has 3 rings (SSSR count). The third-order valence-electron chi connectivity index (χ3n) is 3.67. The van der Waals surface area contributed by atoms with Crippen LogP contribution in [-0.2, 0) is 11.3 Å². The van der Waals surface area contributed by atoms with Gasteiger partial charge in [-0.15, -0.1) is 0 Å². The van der Waals surface area contributed by atoms with Gasteiger partial charge in [0.1, 0.15) is 11.6 Å². The number of aromatic nitrogens is 3. The molecule has 7 nitrogen and oxygen atoms in total. The molecule has 0 aliphatic carbocycles. The van der Waals surface area contributed by atoms with Gasteiger partial charge in [-0.3, -0.25) is 4.90 Å². The molecule has 1 fully saturated rings. The van der Waals surface area contributed by atoms with E-state index >= 15 is 0 Å². The molecule has 0 amide bonds. The van der Waals surface area contributed by atoms with Gasteiger partial charge < -0.3 is 15.8 Å². The summed E-state index contributed by atoms with van der Waals surface area (Å²) < 4.78 is 18.7. The maximum Gasteiger partial charge on any atom is 0.232 e. The van der Waals surface area contributed by atoms with E-state index in [1.165, 1.54) is 12.1 Å². The molecule has 1 aromatic heterocycles. The van der Waals surface area contributed by atoms with Crippen LogP contribution in [0.25, 0.3) is 0 Å². The van der Waals surface area contributed by atoms with Crippen LogP contribution in [0.5, 0.6) is 0 Å². The van der Waals surface area contributed by atoms with Crippen LogP contribution in [0.2, 0.25) is 0 Å². The van der Waals surface area contributed by atoms with Gasteiger partial charge in [0, 0.05) is 18.8 Å². The van der Waals surface area contributed by atoms with Crippen LogP contribution in [0.3, 0.4) is 0 Å². The van der Waals surface area contributed by atoms with Crippen molar-refractivity contribution in [2.75, 3.05) is 30.7 Å². The summed E-state index contributed by atoms with van der Waals surface area (Å²) in [5.41, 5.74) is 6.28. The molecular weight excluding hydrogens is 311 g/mol. The Morgan fingerprint density at radius 2 is 2.00 bits per heavy atom. The van der Waals surface area contributed by atoms with E-state index in [0.29, 0.717) is 30.6 Å². The first-order valence-electron chi connectivity index (χ1n) is 7.79. The van der Waals surface area contributed by atoms with Crippen molar-refractivity contribution in [1.82, 2.24) is 19.9 Å². The van der Waals surface area contributed by atoms with Crippen LogP contribution >= 0.6 is 0 Å². The van der Waals surface area contributed by atoms with Crippen LogP contribution in [-0.4, -0.2) is 45.1 Å². The maximum atomic E-state index is 13.0. The number of nitrogen functional groups attached to an aromatic ring is 1. The van der Waals surface area contributed by atoms with E-state index in [0.717, 1.165) is 13.1 Å². The standard InChI is InChI=1S/C16H21FN6O/c1-16(2)10-23(7-8-24-16)9-13-20-14(18)22-15(21-13)19-12-5-3-11(17)4-6-12/h3-6H,7-10H2,1-2H3,(H3,18,19,20,21,22). The monoisotopic (exact) mass is 332 g/mol. The largest absolute Gasteiger partial charge is 0.373 e. The summed E-state index contributed by atoms with van der Waals surface area (Å²) in [7, 11) is 0. The number of anilines is 3. The summed E-state index contributed by atoms with van der Waals surface area (Å²) in [5.74, 6) is 0.782. The summed E-state index contributed by atoms with van der Waals surface area (Å²) in [4.78, 5) is 14.9. The van der Waals surface area contributed by atoms with Gasteiger partial charge in [0.15, 0.2) is 0 Å². The number of nitrogens with two attached hydrogens (primary N) is 1. The second kappa shape index (κ2) is 6.66. The van der Waals surface area contributed by atoms with Crippen molar-refractivity contribution in [3.05, 3.63) is 35.9 Å². The molecule has 1 saturated heterocycles. The van der Waals surface area contributed by atoms with Crippen molar-refractivity contribution in [3.8, 4) is 0 Å². The quantitative estimate of drug-likeness (QED) is 0.884. The average molecular weight is 332 g/mol. The van der Waals surface area contributed by atoms with Crippen molar-refractivity contribution in [2.24, 2.45) is 0 Å². The summed E-state index contributed by atoms with van der Waals surface area (Å²) >= 11 is 0. The zero-order valence-electron chi connectivity index (χ0n) is 13.8. The van der Waals surface area contributed by atoms with Crippen LogP contribution in [0.4, 0.5) is 22.0 Å². The predicted molar refractivity (Wildman–Crippen MR) is 89.2 cm³/mol. The Balaban J connectivity index is 1.72. The van der Waals surface area contributed by atoms with Gasteiger partial charge in [0.25, 0.3) is 0 Å². The molecule has 0 unspecified atom stereocenters. The topological polar surface area (TPSA) is 89.2 Å². The average Bonchev–Trinajstić information content (AvgIpc) is 2.48. The molecule has 0 radical (unpaired) electrons. The molecule has 8 heteroatoms. The van der Waals surface area contributed by atoms with Crippen molar-refractivity contribution in [2.45, 2.75) is 26.0 Å². The van der Waals surface area contributed by atoms with E-state index in [9.17, 15) is 4.39 Å². The van der Waals surface area contributed by atoms with Crippen molar-refractivity contribution >= 4 is 17.6 Å². The normalized spacial score (nSPS) is 17.6. The van der Waals surface area contributed by atoms with Gasteiger partial charge in [-0.2, -0.15) is 15.0 Å². The summed E-state index contributed by atoms with van der Waals surface area (Å²) in [5, 5.41) is 3.01. The van der Waals surface area contributed by atoms with E-state index < -0.39 is 0 Å². The summed E-state index contributed by atoms with van der Waals surface area (Å²) in [6.07, 6.45) is 0. The number of ether oxygens (including phenoxy) is 1. The number of benzene rings is 1.